The van der Waals surface area contributed by atoms with Gasteiger partial charge in [-0.2, -0.15) is 0 Å². The maximum Gasteiger partial charge on any atom is 0.308 e. The maximum atomic E-state index is 10.8. The summed E-state index contributed by atoms with van der Waals surface area (Å²) in [5.74, 6) is -1.32. The molecule has 1 aliphatic rings. The molecule has 1 aliphatic carbocycles. The normalized spacial score (nSPS) is 28.0. The van der Waals surface area contributed by atoms with Gasteiger partial charge in [0.15, 0.2) is 5.96 Å². The van der Waals surface area contributed by atoms with Crippen molar-refractivity contribution in [2.75, 3.05) is 0 Å². The van der Waals surface area contributed by atoms with E-state index >= 15 is 0 Å². The third kappa shape index (κ3) is 2.61. The molecule has 0 aromatic heterocycles. The SMILES string of the molecule is N=C(N)NC1CCCC[C@H]1C(=O)O. The Morgan fingerprint density at radius 3 is 2.62 bits per heavy atom. The minimum atomic E-state index is -0.793. The van der Waals surface area contributed by atoms with E-state index in [4.69, 9.17) is 16.2 Å². The first-order chi connectivity index (χ1) is 6.11. The van der Waals surface area contributed by atoms with Crippen LogP contribution >= 0.6 is 0 Å². The second-order valence-corrected chi connectivity index (χ2v) is 3.39. The second kappa shape index (κ2) is 4.11. The molecule has 5 N–H and O–H groups in total. The summed E-state index contributed by atoms with van der Waals surface area (Å²) in [6.07, 6.45) is 3.43. The number of carbonyl (C=O) groups is 1. The van der Waals surface area contributed by atoms with E-state index in [1.54, 1.807) is 0 Å². The Morgan fingerprint density at radius 2 is 2.08 bits per heavy atom. The molecule has 1 saturated carbocycles. The van der Waals surface area contributed by atoms with Gasteiger partial charge in [0.2, 0.25) is 0 Å². The number of guanidine groups is 1. The van der Waals surface area contributed by atoms with Crippen LogP contribution in [0, 0.1) is 11.3 Å². The van der Waals surface area contributed by atoms with E-state index in [1.807, 2.05) is 0 Å². The number of carboxylic acid groups (broad SMARTS) is 1. The maximum absolute atomic E-state index is 10.8. The lowest BCUT2D eigenvalue weighted by molar-refractivity contribution is -0.143. The van der Waals surface area contributed by atoms with Crippen molar-refractivity contribution < 1.29 is 9.90 Å². The van der Waals surface area contributed by atoms with Crippen LogP contribution in [0.25, 0.3) is 0 Å². The van der Waals surface area contributed by atoms with Gasteiger partial charge >= 0.3 is 5.97 Å². The molecule has 0 bridgehead atoms. The molecule has 1 unspecified atom stereocenters. The number of carboxylic acids is 1. The lowest BCUT2D eigenvalue weighted by Crippen LogP contribution is -2.47. The van der Waals surface area contributed by atoms with E-state index in [0.717, 1.165) is 19.3 Å². The Hall–Kier alpha value is -1.26. The molecule has 5 heteroatoms. The van der Waals surface area contributed by atoms with E-state index in [2.05, 4.69) is 5.32 Å². The first-order valence-electron chi connectivity index (χ1n) is 4.44. The largest absolute Gasteiger partial charge is 0.481 e. The predicted molar refractivity (Wildman–Crippen MR) is 48.4 cm³/mol. The third-order valence-corrected chi connectivity index (χ3v) is 2.42. The fourth-order valence-electron chi connectivity index (χ4n) is 1.80. The lowest BCUT2D eigenvalue weighted by atomic mass is 9.84. The quantitative estimate of drug-likeness (QED) is 0.362. The third-order valence-electron chi connectivity index (χ3n) is 2.42. The van der Waals surface area contributed by atoms with Crippen molar-refractivity contribution in [1.29, 1.82) is 5.41 Å². The molecular formula is C8H15N3O2. The summed E-state index contributed by atoms with van der Waals surface area (Å²) >= 11 is 0. The topological polar surface area (TPSA) is 99.2 Å². The van der Waals surface area contributed by atoms with Crippen LogP contribution in [-0.2, 0) is 4.79 Å². The van der Waals surface area contributed by atoms with Crippen molar-refractivity contribution in [2.45, 2.75) is 31.7 Å². The molecule has 2 atom stereocenters. The summed E-state index contributed by atoms with van der Waals surface area (Å²) in [5, 5.41) is 18.6. The van der Waals surface area contributed by atoms with Gasteiger partial charge in [-0.25, -0.2) is 0 Å². The highest BCUT2D eigenvalue weighted by molar-refractivity contribution is 5.77. The lowest BCUT2D eigenvalue weighted by Gasteiger charge is -2.29. The Morgan fingerprint density at radius 1 is 1.46 bits per heavy atom. The van der Waals surface area contributed by atoms with E-state index in [9.17, 15) is 4.79 Å². The van der Waals surface area contributed by atoms with E-state index < -0.39 is 11.9 Å². The van der Waals surface area contributed by atoms with Crippen molar-refractivity contribution in [3.63, 3.8) is 0 Å². The molecule has 0 aliphatic heterocycles. The van der Waals surface area contributed by atoms with Crippen LogP contribution in [0.2, 0.25) is 0 Å². The molecule has 0 aromatic rings. The van der Waals surface area contributed by atoms with Crippen LogP contribution < -0.4 is 11.1 Å². The average Bonchev–Trinajstić information content (AvgIpc) is 2.03. The van der Waals surface area contributed by atoms with Crippen LogP contribution in [0.5, 0.6) is 0 Å². The summed E-state index contributed by atoms with van der Waals surface area (Å²) in [6, 6.07) is -0.163. The first kappa shape index (κ1) is 9.83. The molecule has 1 rings (SSSR count). The minimum absolute atomic E-state index is 0.141. The summed E-state index contributed by atoms with van der Waals surface area (Å²) in [4.78, 5) is 10.8. The van der Waals surface area contributed by atoms with Crippen molar-refractivity contribution in [3.8, 4) is 0 Å². The van der Waals surface area contributed by atoms with Crippen molar-refractivity contribution in [2.24, 2.45) is 11.7 Å². The van der Waals surface area contributed by atoms with Gasteiger partial charge in [-0.15, -0.1) is 0 Å². The Labute approximate surface area is 76.8 Å². The molecule has 0 amide bonds. The number of rotatable bonds is 2. The molecule has 74 valence electrons. The van der Waals surface area contributed by atoms with Gasteiger partial charge in [-0.05, 0) is 12.8 Å². The Bertz CT molecular complexity index is 217. The van der Waals surface area contributed by atoms with E-state index in [0.29, 0.717) is 6.42 Å². The van der Waals surface area contributed by atoms with Gasteiger partial charge in [-0.3, -0.25) is 10.2 Å². The molecule has 0 saturated heterocycles. The van der Waals surface area contributed by atoms with Crippen LogP contribution in [0.1, 0.15) is 25.7 Å². The minimum Gasteiger partial charge on any atom is -0.481 e. The van der Waals surface area contributed by atoms with Gasteiger partial charge in [0.05, 0.1) is 5.92 Å². The fourth-order valence-corrected chi connectivity index (χ4v) is 1.80. The Balaban J connectivity index is 2.56. The zero-order chi connectivity index (χ0) is 9.84. The molecule has 1 fully saturated rings. The van der Waals surface area contributed by atoms with Gasteiger partial charge < -0.3 is 16.2 Å². The fraction of sp³-hybridized carbons (Fsp3) is 0.750. The highest BCUT2D eigenvalue weighted by Crippen LogP contribution is 2.24. The summed E-state index contributed by atoms with van der Waals surface area (Å²) in [7, 11) is 0. The zero-order valence-electron chi connectivity index (χ0n) is 7.42. The highest BCUT2D eigenvalue weighted by atomic mass is 16.4. The van der Waals surface area contributed by atoms with Gasteiger partial charge in [0.1, 0.15) is 0 Å². The van der Waals surface area contributed by atoms with Crippen molar-refractivity contribution in [3.05, 3.63) is 0 Å². The standard InChI is InChI=1S/C8H15N3O2/c9-8(10)11-6-4-2-1-3-5(6)7(12)13/h5-6H,1-4H2,(H,12,13)(H4,9,10,11)/t5-,6?/m1/s1. The summed E-state index contributed by atoms with van der Waals surface area (Å²) in [5.41, 5.74) is 5.16. The van der Waals surface area contributed by atoms with Crippen molar-refractivity contribution in [1.82, 2.24) is 5.32 Å². The number of hydrogen-bond donors (Lipinski definition) is 4. The highest BCUT2D eigenvalue weighted by Gasteiger charge is 2.30. The molecule has 0 aromatic carbocycles. The Kier molecular flexibility index (Phi) is 3.11. The number of nitrogens with two attached hydrogens (primary N) is 1. The number of nitrogens with one attached hydrogen (secondary N) is 2. The van der Waals surface area contributed by atoms with Crippen LogP contribution in [0.15, 0.2) is 0 Å². The van der Waals surface area contributed by atoms with Gasteiger partial charge in [0.25, 0.3) is 0 Å². The average molecular weight is 185 g/mol. The van der Waals surface area contributed by atoms with Crippen LogP contribution in [0.3, 0.4) is 0 Å². The smallest absolute Gasteiger partial charge is 0.308 e. The predicted octanol–water partition coefficient (Wildman–Crippen LogP) is 0.113. The number of hydrogen-bond acceptors (Lipinski definition) is 2. The molecule has 0 heterocycles. The first-order valence-corrected chi connectivity index (χ1v) is 4.44. The monoisotopic (exact) mass is 185 g/mol. The van der Waals surface area contributed by atoms with Crippen LogP contribution in [-0.4, -0.2) is 23.1 Å². The molecule has 5 nitrogen and oxygen atoms in total. The van der Waals surface area contributed by atoms with Gasteiger partial charge in [-0.1, -0.05) is 12.8 Å². The van der Waals surface area contributed by atoms with Crippen LogP contribution in [0.4, 0.5) is 0 Å². The summed E-state index contributed by atoms with van der Waals surface area (Å²) < 4.78 is 0. The molecule has 13 heavy (non-hydrogen) atoms. The number of aliphatic carboxylic acids is 1. The summed E-state index contributed by atoms with van der Waals surface area (Å²) in [6.45, 7) is 0. The molecule has 0 spiro atoms. The van der Waals surface area contributed by atoms with Gasteiger partial charge in [0, 0.05) is 6.04 Å². The van der Waals surface area contributed by atoms with E-state index in [-0.39, 0.29) is 12.0 Å². The van der Waals surface area contributed by atoms with Crippen molar-refractivity contribution >= 4 is 11.9 Å². The molecule has 0 radical (unpaired) electrons. The molecular weight excluding hydrogens is 170 g/mol. The zero-order valence-corrected chi connectivity index (χ0v) is 7.42. The second-order valence-electron chi connectivity index (χ2n) is 3.39. The van der Waals surface area contributed by atoms with E-state index in [1.165, 1.54) is 0 Å².